The van der Waals surface area contributed by atoms with Gasteiger partial charge in [0.25, 0.3) is 0 Å². The zero-order chi connectivity index (χ0) is 23.4. The number of benzene rings is 3. The van der Waals surface area contributed by atoms with Gasteiger partial charge in [-0.1, -0.05) is 18.2 Å². The number of carbonyl (C=O) groups is 2. The second-order valence-corrected chi connectivity index (χ2v) is 7.81. The summed E-state index contributed by atoms with van der Waals surface area (Å²) in [5, 5.41) is 0.964. The number of carbonyl (C=O) groups excluding carboxylic acids is 2. The molecule has 1 aromatic heterocycles. The van der Waals surface area contributed by atoms with Crippen LogP contribution in [-0.4, -0.2) is 18.9 Å². The number of ether oxygens (including phenoxy) is 2. The standard InChI is InChI=1S/C27H25NO5/c1-17(29)20-6-7-25(23(13-20)14-26(30)31-2)33-16-19-11-22-8-9-32-27(22)24(12-19)21-5-3-4-18(10-21)15-28/h3-13H,14-16,28H2,1-2H3. The van der Waals surface area contributed by atoms with Gasteiger partial charge in [-0.15, -0.1) is 0 Å². The molecule has 0 aliphatic carbocycles. The maximum atomic E-state index is 11.9. The predicted molar refractivity (Wildman–Crippen MR) is 126 cm³/mol. The van der Waals surface area contributed by atoms with E-state index in [4.69, 9.17) is 19.6 Å². The summed E-state index contributed by atoms with van der Waals surface area (Å²) in [6, 6.07) is 19.1. The van der Waals surface area contributed by atoms with Gasteiger partial charge in [0.1, 0.15) is 17.9 Å². The van der Waals surface area contributed by atoms with Crippen LogP contribution in [0.15, 0.2) is 71.3 Å². The number of furan rings is 1. The lowest BCUT2D eigenvalue weighted by molar-refractivity contribution is -0.139. The summed E-state index contributed by atoms with van der Waals surface area (Å²) < 4.78 is 16.6. The first-order chi connectivity index (χ1) is 16.0. The number of hydrogen-bond acceptors (Lipinski definition) is 6. The van der Waals surface area contributed by atoms with Gasteiger partial charge in [0.05, 0.1) is 19.8 Å². The minimum atomic E-state index is -0.401. The van der Waals surface area contributed by atoms with Crippen molar-refractivity contribution in [3.8, 4) is 16.9 Å². The van der Waals surface area contributed by atoms with E-state index in [2.05, 4.69) is 6.07 Å². The van der Waals surface area contributed by atoms with E-state index in [-0.39, 0.29) is 18.8 Å². The molecule has 0 aliphatic heterocycles. The number of rotatable bonds is 8. The van der Waals surface area contributed by atoms with Gasteiger partial charge in [0.2, 0.25) is 0 Å². The maximum absolute atomic E-state index is 11.9. The van der Waals surface area contributed by atoms with Crippen LogP contribution in [0.1, 0.15) is 34.0 Å². The van der Waals surface area contributed by atoms with Crippen molar-refractivity contribution in [2.75, 3.05) is 7.11 Å². The molecular formula is C27H25NO5. The van der Waals surface area contributed by atoms with Gasteiger partial charge in [-0.25, -0.2) is 0 Å². The first-order valence-electron chi connectivity index (χ1n) is 10.6. The Morgan fingerprint density at radius 1 is 1.00 bits per heavy atom. The summed E-state index contributed by atoms with van der Waals surface area (Å²) in [6.07, 6.45) is 1.69. The summed E-state index contributed by atoms with van der Waals surface area (Å²) in [6.45, 7) is 2.22. The molecule has 0 bridgehead atoms. The van der Waals surface area contributed by atoms with E-state index < -0.39 is 5.97 Å². The van der Waals surface area contributed by atoms with E-state index in [0.29, 0.717) is 23.4 Å². The zero-order valence-electron chi connectivity index (χ0n) is 18.6. The Morgan fingerprint density at radius 3 is 2.61 bits per heavy atom. The largest absolute Gasteiger partial charge is 0.489 e. The first kappa shape index (κ1) is 22.3. The van der Waals surface area contributed by atoms with Crippen LogP contribution in [0.25, 0.3) is 22.1 Å². The Kier molecular flexibility index (Phi) is 6.56. The average Bonchev–Trinajstić information content (AvgIpc) is 3.31. The van der Waals surface area contributed by atoms with Crippen molar-refractivity contribution in [2.45, 2.75) is 26.5 Å². The molecule has 3 aromatic carbocycles. The normalized spacial score (nSPS) is 10.9. The van der Waals surface area contributed by atoms with E-state index in [0.717, 1.165) is 33.2 Å². The quantitative estimate of drug-likeness (QED) is 0.302. The highest BCUT2D eigenvalue weighted by molar-refractivity contribution is 5.95. The molecule has 0 saturated heterocycles. The number of nitrogens with two attached hydrogens (primary N) is 1. The van der Waals surface area contributed by atoms with Gasteiger partial charge < -0.3 is 19.6 Å². The van der Waals surface area contributed by atoms with E-state index >= 15 is 0 Å². The van der Waals surface area contributed by atoms with E-state index in [9.17, 15) is 9.59 Å². The fourth-order valence-corrected chi connectivity index (χ4v) is 3.77. The van der Waals surface area contributed by atoms with Crippen molar-refractivity contribution in [1.29, 1.82) is 0 Å². The molecule has 0 saturated carbocycles. The van der Waals surface area contributed by atoms with E-state index in [1.54, 1.807) is 24.5 Å². The van der Waals surface area contributed by atoms with E-state index in [1.165, 1.54) is 14.0 Å². The minimum Gasteiger partial charge on any atom is -0.489 e. The highest BCUT2D eigenvalue weighted by atomic mass is 16.5. The molecule has 1 heterocycles. The van der Waals surface area contributed by atoms with Gasteiger partial charge in [0.15, 0.2) is 5.78 Å². The average molecular weight is 443 g/mol. The molecule has 0 spiro atoms. The summed E-state index contributed by atoms with van der Waals surface area (Å²) in [5.41, 5.74) is 11.7. The molecular weight excluding hydrogens is 418 g/mol. The van der Waals surface area contributed by atoms with Crippen LogP contribution in [-0.2, 0) is 29.1 Å². The van der Waals surface area contributed by atoms with Crippen LogP contribution in [0.5, 0.6) is 5.75 Å². The lowest BCUT2D eigenvalue weighted by Crippen LogP contribution is -2.08. The van der Waals surface area contributed by atoms with Crippen LogP contribution >= 0.6 is 0 Å². The molecule has 6 heteroatoms. The van der Waals surface area contributed by atoms with Gasteiger partial charge in [-0.2, -0.15) is 0 Å². The zero-order valence-corrected chi connectivity index (χ0v) is 18.6. The molecule has 2 N–H and O–H groups in total. The van der Waals surface area contributed by atoms with Gasteiger partial charge in [-0.3, -0.25) is 9.59 Å². The molecule has 4 aromatic rings. The summed E-state index contributed by atoms with van der Waals surface area (Å²) >= 11 is 0. The van der Waals surface area contributed by atoms with Crippen LogP contribution in [0, 0.1) is 0 Å². The van der Waals surface area contributed by atoms with Crippen molar-refractivity contribution in [3.05, 3.63) is 89.2 Å². The molecule has 4 rings (SSSR count). The number of ketones is 1. The lowest BCUT2D eigenvalue weighted by atomic mass is 9.99. The van der Waals surface area contributed by atoms with Crippen LogP contribution in [0.4, 0.5) is 0 Å². The van der Waals surface area contributed by atoms with Crippen molar-refractivity contribution in [1.82, 2.24) is 0 Å². The van der Waals surface area contributed by atoms with Crippen molar-refractivity contribution < 1.29 is 23.5 Å². The Hall–Kier alpha value is -3.90. The second-order valence-electron chi connectivity index (χ2n) is 7.81. The number of esters is 1. The monoisotopic (exact) mass is 443 g/mol. The SMILES string of the molecule is COC(=O)Cc1cc(C(C)=O)ccc1OCc1cc(-c2cccc(CN)c2)c2occc2c1. The highest BCUT2D eigenvalue weighted by Crippen LogP contribution is 2.32. The summed E-state index contributed by atoms with van der Waals surface area (Å²) in [5.74, 6) is 0.0502. The Labute approximate surface area is 191 Å². The molecule has 0 unspecified atom stereocenters. The topological polar surface area (TPSA) is 91.8 Å². The highest BCUT2D eigenvalue weighted by Gasteiger charge is 2.14. The van der Waals surface area contributed by atoms with Crippen molar-refractivity contribution >= 4 is 22.7 Å². The van der Waals surface area contributed by atoms with Crippen LogP contribution in [0.3, 0.4) is 0 Å². The number of methoxy groups -OCH3 is 1. The Bertz CT molecular complexity index is 1320. The maximum Gasteiger partial charge on any atom is 0.310 e. The Balaban J connectivity index is 1.66. The molecule has 0 amide bonds. The number of fused-ring (bicyclic) bond motifs is 1. The molecule has 33 heavy (non-hydrogen) atoms. The summed E-state index contributed by atoms with van der Waals surface area (Å²) in [7, 11) is 1.33. The lowest BCUT2D eigenvalue weighted by Gasteiger charge is -2.13. The van der Waals surface area contributed by atoms with Gasteiger partial charge in [-0.05, 0) is 66.1 Å². The fraction of sp³-hybridized carbons (Fsp3) is 0.185. The Morgan fingerprint density at radius 2 is 1.85 bits per heavy atom. The van der Waals surface area contributed by atoms with Crippen LogP contribution < -0.4 is 10.5 Å². The van der Waals surface area contributed by atoms with E-state index in [1.807, 2.05) is 36.4 Å². The van der Waals surface area contributed by atoms with Gasteiger partial charge in [0, 0.05) is 28.6 Å². The van der Waals surface area contributed by atoms with Gasteiger partial charge >= 0.3 is 5.97 Å². The minimum absolute atomic E-state index is 0.0187. The molecule has 0 atom stereocenters. The third kappa shape index (κ3) is 4.96. The molecule has 168 valence electrons. The van der Waals surface area contributed by atoms with Crippen molar-refractivity contribution in [2.24, 2.45) is 5.73 Å². The molecule has 0 radical (unpaired) electrons. The molecule has 0 fully saturated rings. The molecule has 0 aliphatic rings. The second kappa shape index (κ2) is 9.71. The smallest absolute Gasteiger partial charge is 0.310 e. The number of hydrogen-bond donors (Lipinski definition) is 1. The third-order valence-corrected chi connectivity index (χ3v) is 5.51. The predicted octanol–water partition coefficient (Wildman–Crippen LogP) is 5.06. The fourth-order valence-electron chi connectivity index (χ4n) is 3.77. The third-order valence-electron chi connectivity index (χ3n) is 5.51. The van der Waals surface area contributed by atoms with Crippen molar-refractivity contribution in [3.63, 3.8) is 0 Å². The number of Topliss-reactive ketones (excluding diaryl/α,β-unsaturated/α-hetero) is 1. The van der Waals surface area contributed by atoms with Crippen LogP contribution in [0.2, 0.25) is 0 Å². The first-order valence-corrected chi connectivity index (χ1v) is 10.6. The summed E-state index contributed by atoms with van der Waals surface area (Å²) in [4.78, 5) is 23.7. The molecule has 6 nitrogen and oxygen atoms in total.